The van der Waals surface area contributed by atoms with Crippen molar-refractivity contribution >= 4 is 58.4 Å². The summed E-state index contributed by atoms with van der Waals surface area (Å²) in [6.07, 6.45) is 13.2. The predicted octanol–water partition coefficient (Wildman–Crippen LogP) is 15.6. The summed E-state index contributed by atoms with van der Waals surface area (Å²) in [6.45, 7) is 5.19. The van der Waals surface area contributed by atoms with Gasteiger partial charge in [0, 0.05) is 45.3 Å². The van der Waals surface area contributed by atoms with E-state index in [1.807, 2.05) is 12.1 Å². The third kappa shape index (κ3) is 10.6. The van der Waals surface area contributed by atoms with Crippen molar-refractivity contribution < 1.29 is 9.47 Å². The highest BCUT2D eigenvalue weighted by atomic mass is 16.5. The maximum absolute atomic E-state index is 6.69. The van der Waals surface area contributed by atoms with Gasteiger partial charge in [-0.15, -0.1) is 0 Å². The minimum Gasteiger partial charge on any atom is -0.496 e. The first-order chi connectivity index (χ1) is 29.1. The van der Waals surface area contributed by atoms with Crippen LogP contribution in [0.2, 0.25) is 0 Å². The van der Waals surface area contributed by atoms with Gasteiger partial charge in [-0.25, -0.2) is 0 Å². The van der Waals surface area contributed by atoms with Gasteiger partial charge >= 0.3 is 0 Å². The summed E-state index contributed by atoms with van der Waals surface area (Å²) in [7, 11) is 1.74. The average molecular weight is 775 g/mol. The SMILES string of the molecule is CCCCC(CC)COc1cc(C=Cc2ccc(N(c3ccccc3)c3ccccc3)cc2)c(OC)cc1C=Cc1ccc(N(c2ccccc2)c2ccccc2)cc1. The molecule has 1 atom stereocenters. The van der Waals surface area contributed by atoms with Crippen molar-refractivity contribution in [2.75, 3.05) is 23.5 Å². The van der Waals surface area contributed by atoms with Crippen LogP contribution in [-0.4, -0.2) is 13.7 Å². The number of hydrogen-bond donors (Lipinski definition) is 0. The van der Waals surface area contributed by atoms with Gasteiger partial charge in [0.05, 0.1) is 13.7 Å². The Kier molecular flexibility index (Phi) is 14.1. The van der Waals surface area contributed by atoms with Crippen LogP contribution in [0.3, 0.4) is 0 Å². The van der Waals surface area contributed by atoms with Gasteiger partial charge in [-0.2, -0.15) is 0 Å². The van der Waals surface area contributed by atoms with E-state index >= 15 is 0 Å². The number of rotatable bonds is 18. The summed E-state index contributed by atoms with van der Waals surface area (Å²) in [5.74, 6) is 2.14. The molecule has 0 radical (unpaired) electrons. The van der Waals surface area contributed by atoms with Crippen molar-refractivity contribution in [1.29, 1.82) is 0 Å². The molecule has 4 heteroatoms. The summed E-state index contributed by atoms with van der Waals surface area (Å²) in [4.78, 5) is 4.55. The van der Waals surface area contributed by atoms with Gasteiger partial charge in [0.1, 0.15) is 11.5 Å². The number of unbranched alkanes of at least 4 members (excludes halogenated alkanes) is 1. The Hall–Kier alpha value is -6.78. The number of nitrogens with zero attached hydrogens (tertiary/aromatic N) is 2. The average Bonchev–Trinajstić information content (AvgIpc) is 3.30. The van der Waals surface area contributed by atoms with Crippen molar-refractivity contribution in [2.24, 2.45) is 5.92 Å². The lowest BCUT2D eigenvalue weighted by Gasteiger charge is -2.25. The fraction of sp³-hybridized carbons (Fsp3) is 0.164. The molecule has 7 aromatic rings. The van der Waals surface area contributed by atoms with Crippen LogP contribution in [-0.2, 0) is 0 Å². The first-order valence-corrected chi connectivity index (χ1v) is 20.8. The Morgan fingerprint density at radius 3 is 1.20 bits per heavy atom. The molecule has 0 aromatic heterocycles. The number of para-hydroxylation sites is 4. The quantitative estimate of drug-likeness (QED) is 0.0811. The van der Waals surface area contributed by atoms with Crippen molar-refractivity contribution in [3.05, 3.63) is 204 Å². The molecule has 7 rings (SSSR count). The van der Waals surface area contributed by atoms with E-state index in [-0.39, 0.29) is 0 Å². The molecule has 7 aromatic carbocycles. The van der Waals surface area contributed by atoms with Gasteiger partial charge in [-0.1, -0.05) is 154 Å². The van der Waals surface area contributed by atoms with E-state index in [1.165, 1.54) is 19.3 Å². The molecular formula is C55H54N2O2. The Bertz CT molecular complexity index is 2300. The third-order valence-electron chi connectivity index (χ3n) is 10.7. The van der Waals surface area contributed by atoms with Gasteiger partial charge in [-0.3, -0.25) is 0 Å². The van der Waals surface area contributed by atoms with Crippen LogP contribution >= 0.6 is 0 Å². The van der Waals surface area contributed by atoms with Gasteiger partial charge in [0.15, 0.2) is 0 Å². The van der Waals surface area contributed by atoms with Crippen molar-refractivity contribution in [3.8, 4) is 11.5 Å². The second-order valence-corrected chi connectivity index (χ2v) is 14.7. The highest BCUT2D eigenvalue weighted by molar-refractivity contribution is 5.82. The highest BCUT2D eigenvalue weighted by Gasteiger charge is 2.15. The summed E-state index contributed by atoms with van der Waals surface area (Å²) in [5.41, 5.74) is 10.8. The van der Waals surface area contributed by atoms with Crippen LogP contribution in [0.1, 0.15) is 61.8 Å². The zero-order valence-electron chi connectivity index (χ0n) is 34.5. The second-order valence-electron chi connectivity index (χ2n) is 14.7. The van der Waals surface area contributed by atoms with Gasteiger partial charge in [-0.05, 0) is 108 Å². The van der Waals surface area contributed by atoms with Crippen LogP contribution in [0.15, 0.2) is 182 Å². The monoisotopic (exact) mass is 774 g/mol. The fourth-order valence-corrected chi connectivity index (χ4v) is 7.30. The Labute approximate surface area is 351 Å². The smallest absolute Gasteiger partial charge is 0.127 e. The highest BCUT2D eigenvalue weighted by Crippen LogP contribution is 2.37. The third-order valence-corrected chi connectivity index (χ3v) is 10.7. The molecule has 0 heterocycles. The minimum absolute atomic E-state index is 0.502. The van der Waals surface area contributed by atoms with E-state index in [9.17, 15) is 0 Å². The maximum Gasteiger partial charge on any atom is 0.127 e. The predicted molar refractivity (Wildman–Crippen MR) is 252 cm³/mol. The fourth-order valence-electron chi connectivity index (χ4n) is 7.30. The van der Waals surface area contributed by atoms with Crippen LogP contribution in [0.25, 0.3) is 24.3 Å². The molecule has 296 valence electrons. The lowest BCUT2D eigenvalue weighted by Crippen LogP contribution is -2.12. The Balaban J connectivity index is 1.16. The molecule has 0 aliphatic heterocycles. The maximum atomic E-state index is 6.69. The van der Waals surface area contributed by atoms with Gasteiger partial charge < -0.3 is 19.3 Å². The van der Waals surface area contributed by atoms with Crippen LogP contribution in [0.5, 0.6) is 11.5 Å². The molecule has 0 bridgehead atoms. The summed E-state index contributed by atoms with van der Waals surface area (Å²) in [6, 6.07) is 63.5. The zero-order chi connectivity index (χ0) is 40.7. The molecule has 0 saturated carbocycles. The lowest BCUT2D eigenvalue weighted by atomic mass is 10.0. The van der Waals surface area contributed by atoms with Crippen LogP contribution < -0.4 is 19.3 Å². The first kappa shape index (κ1) is 40.4. The topological polar surface area (TPSA) is 24.9 Å². The van der Waals surface area contributed by atoms with Gasteiger partial charge in [0.2, 0.25) is 0 Å². The second kappa shape index (κ2) is 20.6. The minimum atomic E-state index is 0.502. The number of benzene rings is 7. The summed E-state index contributed by atoms with van der Waals surface area (Å²) in [5, 5.41) is 0. The van der Waals surface area contributed by atoms with E-state index in [1.54, 1.807) is 7.11 Å². The van der Waals surface area contributed by atoms with Crippen molar-refractivity contribution in [1.82, 2.24) is 0 Å². The molecule has 0 saturated heterocycles. The summed E-state index contributed by atoms with van der Waals surface area (Å²) >= 11 is 0. The van der Waals surface area contributed by atoms with E-state index in [4.69, 9.17) is 9.47 Å². The Morgan fingerprint density at radius 1 is 0.458 bits per heavy atom. The van der Waals surface area contributed by atoms with E-state index in [2.05, 4.69) is 218 Å². The standard InChI is InChI=1S/C55H54N2O2/c1-4-6-19-43(5-2)42-59-55-41-46(34-28-44-30-36-52(37-31-44)56(48-20-11-7-12-21-48)49-22-13-8-14-23-49)54(58-3)40-47(55)35-29-45-32-38-53(39-33-45)57(50-24-15-9-16-25-50)51-26-17-10-18-27-51/h7-18,20-41,43H,4-6,19,42H2,1-3H3. The van der Waals surface area contributed by atoms with E-state index in [0.29, 0.717) is 12.5 Å². The Morgan fingerprint density at radius 2 is 0.831 bits per heavy atom. The first-order valence-electron chi connectivity index (χ1n) is 20.8. The number of anilines is 6. The molecule has 1 unspecified atom stereocenters. The molecule has 0 amide bonds. The van der Waals surface area contributed by atoms with Crippen molar-refractivity contribution in [3.63, 3.8) is 0 Å². The van der Waals surface area contributed by atoms with Crippen LogP contribution in [0.4, 0.5) is 34.1 Å². The lowest BCUT2D eigenvalue weighted by molar-refractivity contribution is 0.232. The number of hydrogen-bond acceptors (Lipinski definition) is 4. The molecule has 59 heavy (non-hydrogen) atoms. The van der Waals surface area contributed by atoms with Crippen molar-refractivity contribution in [2.45, 2.75) is 39.5 Å². The molecule has 4 nitrogen and oxygen atoms in total. The molecule has 0 spiro atoms. The van der Waals surface area contributed by atoms with E-state index < -0.39 is 0 Å². The molecule has 0 N–H and O–H groups in total. The van der Waals surface area contributed by atoms with Crippen LogP contribution in [0, 0.1) is 5.92 Å². The summed E-state index contributed by atoms with van der Waals surface area (Å²) < 4.78 is 12.7. The molecular weight excluding hydrogens is 721 g/mol. The number of ether oxygens (including phenoxy) is 2. The molecule has 0 aliphatic carbocycles. The zero-order valence-corrected chi connectivity index (χ0v) is 34.5. The normalized spacial score (nSPS) is 11.8. The number of methoxy groups -OCH3 is 1. The largest absolute Gasteiger partial charge is 0.496 e. The molecule has 0 aliphatic rings. The van der Waals surface area contributed by atoms with E-state index in [0.717, 1.165) is 74.3 Å². The molecule has 0 fully saturated rings. The van der Waals surface area contributed by atoms with Gasteiger partial charge in [0.25, 0.3) is 0 Å².